The van der Waals surface area contributed by atoms with Gasteiger partial charge in [0.2, 0.25) is 0 Å². The zero-order chi connectivity index (χ0) is 14.2. The molecule has 1 aliphatic heterocycles. The molecule has 92 valence electrons. The van der Waals surface area contributed by atoms with Crippen molar-refractivity contribution in [3.8, 4) is 6.07 Å². The van der Waals surface area contributed by atoms with Crippen LogP contribution in [0.1, 0.15) is 6.92 Å². The molecule has 0 bridgehead atoms. The average Bonchev–Trinajstić information content (AvgIpc) is 2.85. The van der Waals surface area contributed by atoms with Gasteiger partial charge >= 0.3 is 0 Å². The van der Waals surface area contributed by atoms with Crippen molar-refractivity contribution in [2.75, 3.05) is 0 Å². The first-order valence-corrected chi connectivity index (χ1v) is 5.73. The van der Waals surface area contributed by atoms with Crippen LogP contribution in [-0.2, 0) is 4.79 Å². The van der Waals surface area contributed by atoms with Crippen LogP contribution in [-0.4, -0.2) is 11.6 Å². The van der Waals surface area contributed by atoms with Crippen molar-refractivity contribution in [2.45, 2.75) is 6.92 Å². The van der Waals surface area contributed by atoms with E-state index in [4.69, 9.17) is 5.26 Å². The molecular formula is C16H12N2O. The second-order valence-electron chi connectivity index (χ2n) is 4.12. The van der Waals surface area contributed by atoms with E-state index in [1.165, 1.54) is 0 Å². The van der Waals surface area contributed by atoms with Gasteiger partial charge in [0.15, 0.2) is 0 Å². The fourth-order valence-corrected chi connectivity index (χ4v) is 2.23. The van der Waals surface area contributed by atoms with E-state index in [0.29, 0.717) is 22.4 Å². The first kappa shape index (κ1) is 12.7. The predicted molar refractivity (Wildman–Crippen MR) is 75.4 cm³/mol. The van der Waals surface area contributed by atoms with E-state index in [0.717, 1.165) is 11.1 Å². The second kappa shape index (κ2) is 4.51. The lowest BCUT2D eigenvalue weighted by molar-refractivity contribution is -0.113. The predicted octanol–water partition coefficient (Wildman–Crippen LogP) is 2.97. The number of hydrogen-bond donors (Lipinski definition) is 0. The number of allylic oxidation sites excluding steroid dienone is 8. The Morgan fingerprint density at radius 1 is 1.47 bits per heavy atom. The number of carbonyl (C=O) groups excluding carboxylic acids is 1. The zero-order valence-electron chi connectivity index (χ0n) is 10.7. The van der Waals surface area contributed by atoms with Gasteiger partial charge in [0.05, 0.1) is 5.71 Å². The van der Waals surface area contributed by atoms with E-state index in [1.807, 2.05) is 25.1 Å². The molecule has 2 aliphatic rings. The fourth-order valence-electron chi connectivity index (χ4n) is 2.23. The summed E-state index contributed by atoms with van der Waals surface area (Å²) in [7, 11) is 0. The van der Waals surface area contributed by atoms with Gasteiger partial charge in [-0.2, -0.15) is 5.26 Å². The Bertz CT molecular complexity index is 704. The monoisotopic (exact) mass is 248 g/mol. The number of nitriles is 1. The molecule has 0 atom stereocenters. The van der Waals surface area contributed by atoms with Crippen molar-refractivity contribution in [1.82, 2.24) is 0 Å². The van der Waals surface area contributed by atoms with E-state index in [1.54, 1.807) is 6.08 Å². The largest absolute Gasteiger partial charge is 0.288 e. The first-order chi connectivity index (χ1) is 9.06. The normalized spacial score (nSPS) is 18.0. The molecule has 2 rings (SSSR count). The van der Waals surface area contributed by atoms with Crippen molar-refractivity contribution in [1.29, 1.82) is 5.26 Å². The lowest BCUT2D eigenvalue weighted by atomic mass is 9.98. The highest BCUT2D eigenvalue weighted by atomic mass is 16.1. The van der Waals surface area contributed by atoms with Gasteiger partial charge < -0.3 is 0 Å². The molecule has 0 aromatic heterocycles. The molecular weight excluding hydrogens is 236 g/mol. The molecule has 1 heterocycles. The maximum absolute atomic E-state index is 11.7. The van der Waals surface area contributed by atoms with Gasteiger partial charge in [-0.3, -0.25) is 4.79 Å². The number of rotatable bonds is 3. The summed E-state index contributed by atoms with van der Waals surface area (Å²) in [5.74, 6) is -0.501. The molecule has 0 N–H and O–H groups in total. The number of carbonyl (C=O) groups is 1. The van der Waals surface area contributed by atoms with Crippen LogP contribution in [0.5, 0.6) is 0 Å². The maximum Gasteiger partial charge on any atom is 0.288 e. The molecule has 3 nitrogen and oxygen atoms in total. The molecule has 0 saturated heterocycles. The van der Waals surface area contributed by atoms with Crippen molar-refractivity contribution in [3.63, 3.8) is 0 Å². The fraction of sp³-hybridized carbons (Fsp3) is 0.0625. The van der Waals surface area contributed by atoms with Crippen LogP contribution in [0.15, 0.2) is 76.4 Å². The highest BCUT2D eigenvalue weighted by molar-refractivity contribution is 6.33. The van der Waals surface area contributed by atoms with E-state index in [9.17, 15) is 4.79 Å². The number of aliphatic imine (C=N–C) groups is 1. The Balaban J connectivity index is 2.82. The summed E-state index contributed by atoms with van der Waals surface area (Å²) in [6.07, 6.45) is 5.30. The lowest BCUT2D eigenvalue weighted by Crippen LogP contribution is -1.96. The molecule has 0 aromatic rings. The van der Waals surface area contributed by atoms with Crippen LogP contribution >= 0.6 is 0 Å². The minimum absolute atomic E-state index is 0.0658. The maximum atomic E-state index is 11.7. The minimum Gasteiger partial charge on any atom is -0.266 e. The SMILES string of the molecule is C=CC(=C)C1=C(/C=C\C)C2=C(C#N)C(=O)N=C2C1=C. The van der Waals surface area contributed by atoms with Gasteiger partial charge in [0, 0.05) is 11.1 Å². The molecule has 0 aromatic carbocycles. The van der Waals surface area contributed by atoms with Crippen LogP contribution in [0.25, 0.3) is 0 Å². The standard InChI is InChI=1S/C16H12N2O/c1-5-7-11-13(9(3)6-2)10(4)15-14(11)12(8-17)16(19)18-15/h5-7H,2-4H2,1H3/b7-5-. The van der Waals surface area contributed by atoms with Crippen LogP contribution in [0.2, 0.25) is 0 Å². The summed E-state index contributed by atoms with van der Waals surface area (Å²) in [6.45, 7) is 13.4. The number of amides is 1. The van der Waals surface area contributed by atoms with E-state index >= 15 is 0 Å². The molecule has 1 amide bonds. The Labute approximate surface area is 112 Å². The summed E-state index contributed by atoms with van der Waals surface area (Å²) in [5, 5.41) is 9.12. The van der Waals surface area contributed by atoms with Gasteiger partial charge in [-0.25, -0.2) is 4.99 Å². The Kier molecular flexibility index (Phi) is 3.02. The summed E-state index contributed by atoms with van der Waals surface area (Å²) in [5.41, 5.74) is 3.98. The van der Waals surface area contributed by atoms with Crippen molar-refractivity contribution in [3.05, 3.63) is 71.4 Å². The van der Waals surface area contributed by atoms with E-state index in [2.05, 4.69) is 24.7 Å². The third kappa shape index (κ3) is 1.66. The van der Waals surface area contributed by atoms with Crippen LogP contribution in [0.3, 0.4) is 0 Å². The molecule has 19 heavy (non-hydrogen) atoms. The van der Waals surface area contributed by atoms with Gasteiger partial charge in [-0.1, -0.05) is 38.0 Å². The zero-order valence-corrected chi connectivity index (χ0v) is 10.7. The summed E-state index contributed by atoms with van der Waals surface area (Å²) >= 11 is 0. The highest BCUT2D eigenvalue weighted by Crippen LogP contribution is 2.42. The van der Waals surface area contributed by atoms with Gasteiger partial charge in [0.25, 0.3) is 5.91 Å². The smallest absolute Gasteiger partial charge is 0.266 e. The van der Waals surface area contributed by atoms with Crippen molar-refractivity contribution < 1.29 is 4.79 Å². The van der Waals surface area contributed by atoms with Crippen molar-refractivity contribution >= 4 is 11.6 Å². The molecule has 0 saturated carbocycles. The molecule has 0 radical (unpaired) electrons. The van der Waals surface area contributed by atoms with Crippen LogP contribution < -0.4 is 0 Å². The summed E-state index contributed by atoms with van der Waals surface area (Å²) < 4.78 is 0. The van der Waals surface area contributed by atoms with Crippen LogP contribution in [0.4, 0.5) is 0 Å². The second-order valence-corrected chi connectivity index (χ2v) is 4.12. The highest BCUT2D eigenvalue weighted by Gasteiger charge is 2.37. The minimum atomic E-state index is -0.501. The third-order valence-electron chi connectivity index (χ3n) is 3.05. The van der Waals surface area contributed by atoms with Gasteiger partial charge in [0.1, 0.15) is 11.6 Å². The van der Waals surface area contributed by atoms with Crippen LogP contribution in [0, 0.1) is 11.3 Å². The van der Waals surface area contributed by atoms with E-state index in [-0.39, 0.29) is 5.57 Å². The first-order valence-electron chi connectivity index (χ1n) is 5.73. The molecule has 1 aliphatic carbocycles. The summed E-state index contributed by atoms with van der Waals surface area (Å²) in [4.78, 5) is 15.6. The Hall–Kier alpha value is -2.73. The quantitative estimate of drug-likeness (QED) is 0.721. The Morgan fingerprint density at radius 3 is 2.68 bits per heavy atom. The van der Waals surface area contributed by atoms with Gasteiger partial charge in [-0.05, 0) is 23.6 Å². The topological polar surface area (TPSA) is 53.2 Å². The van der Waals surface area contributed by atoms with Crippen molar-refractivity contribution in [2.24, 2.45) is 4.99 Å². The third-order valence-corrected chi connectivity index (χ3v) is 3.05. The van der Waals surface area contributed by atoms with E-state index < -0.39 is 5.91 Å². The molecule has 0 fully saturated rings. The number of fused-ring (bicyclic) bond motifs is 1. The number of nitrogens with zero attached hydrogens (tertiary/aromatic N) is 2. The lowest BCUT2D eigenvalue weighted by Gasteiger charge is -2.05. The van der Waals surface area contributed by atoms with Gasteiger partial charge in [-0.15, -0.1) is 0 Å². The molecule has 0 unspecified atom stereocenters. The average molecular weight is 248 g/mol. The summed E-state index contributed by atoms with van der Waals surface area (Å²) in [6, 6.07) is 1.92. The molecule has 3 heteroatoms. The number of hydrogen-bond acceptors (Lipinski definition) is 2. The molecule has 0 spiro atoms. The Morgan fingerprint density at radius 2 is 2.16 bits per heavy atom.